The number of hydrogen-bond donors (Lipinski definition) is 0. The molecule has 0 saturated heterocycles. The summed E-state index contributed by atoms with van der Waals surface area (Å²) in [6.45, 7) is 4.53. The molecule has 0 aliphatic heterocycles. The summed E-state index contributed by atoms with van der Waals surface area (Å²) in [7, 11) is 0. The molecule has 4 heteroatoms. The van der Waals surface area contributed by atoms with Gasteiger partial charge in [-0.25, -0.2) is 4.39 Å². The maximum absolute atomic E-state index is 14.8. The number of pyridine rings is 2. The molecular formula is C22H20FN3. The first kappa shape index (κ1) is 16.5. The Kier molecular flexibility index (Phi) is 4.25. The molecule has 0 radical (unpaired) electrons. The van der Waals surface area contributed by atoms with Crippen LogP contribution in [0.5, 0.6) is 0 Å². The fourth-order valence-electron chi connectivity index (χ4n) is 3.31. The van der Waals surface area contributed by atoms with Crippen LogP contribution in [0.4, 0.5) is 4.39 Å². The van der Waals surface area contributed by atoms with Gasteiger partial charge in [0.25, 0.3) is 0 Å². The van der Waals surface area contributed by atoms with Crippen LogP contribution in [0.15, 0.2) is 60.9 Å². The lowest BCUT2D eigenvalue weighted by Gasteiger charge is -2.09. The molecule has 0 spiro atoms. The number of rotatable bonds is 4. The number of fused-ring (bicyclic) bond motifs is 1. The Labute approximate surface area is 152 Å². The lowest BCUT2D eigenvalue weighted by atomic mass is 10.1. The van der Waals surface area contributed by atoms with E-state index in [4.69, 9.17) is 0 Å². The van der Waals surface area contributed by atoms with E-state index in [-0.39, 0.29) is 5.82 Å². The summed E-state index contributed by atoms with van der Waals surface area (Å²) < 4.78 is 16.8. The van der Waals surface area contributed by atoms with E-state index in [1.165, 1.54) is 5.56 Å². The summed E-state index contributed by atoms with van der Waals surface area (Å²) in [6, 6.07) is 15.1. The fraction of sp³-hybridized carbons (Fsp3) is 0.182. The second-order valence-electron chi connectivity index (χ2n) is 6.48. The lowest BCUT2D eigenvalue weighted by Crippen LogP contribution is -2.01. The molecule has 0 saturated carbocycles. The van der Waals surface area contributed by atoms with Crippen LogP contribution in [0.25, 0.3) is 22.3 Å². The van der Waals surface area contributed by atoms with Gasteiger partial charge in [-0.2, -0.15) is 0 Å². The molecule has 3 nitrogen and oxygen atoms in total. The average molecular weight is 345 g/mol. The number of aryl methyl sites for hydroxylation is 2. The third kappa shape index (κ3) is 2.99. The first-order chi connectivity index (χ1) is 12.7. The third-order valence-corrected chi connectivity index (χ3v) is 4.67. The van der Waals surface area contributed by atoms with Gasteiger partial charge in [-0.15, -0.1) is 0 Å². The second-order valence-corrected chi connectivity index (χ2v) is 6.48. The Morgan fingerprint density at radius 1 is 1.04 bits per heavy atom. The predicted molar refractivity (Wildman–Crippen MR) is 103 cm³/mol. The van der Waals surface area contributed by atoms with Gasteiger partial charge in [-0.1, -0.05) is 25.1 Å². The van der Waals surface area contributed by atoms with Crippen molar-refractivity contribution in [3.63, 3.8) is 0 Å². The molecule has 3 heterocycles. The molecule has 0 N–H and O–H groups in total. The van der Waals surface area contributed by atoms with Crippen molar-refractivity contribution in [2.24, 2.45) is 0 Å². The number of hydrogen-bond acceptors (Lipinski definition) is 2. The van der Waals surface area contributed by atoms with Crippen molar-refractivity contribution in [1.29, 1.82) is 0 Å². The van der Waals surface area contributed by atoms with Gasteiger partial charge in [0.1, 0.15) is 5.82 Å². The largest absolute Gasteiger partial charge is 0.341 e. The Morgan fingerprint density at radius 3 is 2.69 bits per heavy atom. The molecule has 0 bridgehead atoms. The maximum Gasteiger partial charge on any atom is 0.128 e. The van der Waals surface area contributed by atoms with Crippen molar-refractivity contribution in [3.8, 4) is 11.3 Å². The van der Waals surface area contributed by atoms with Gasteiger partial charge >= 0.3 is 0 Å². The van der Waals surface area contributed by atoms with Gasteiger partial charge in [0, 0.05) is 29.2 Å². The van der Waals surface area contributed by atoms with Crippen LogP contribution < -0.4 is 0 Å². The van der Waals surface area contributed by atoms with Crippen molar-refractivity contribution in [1.82, 2.24) is 14.5 Å². The molecule has 130 valence electrons. The molecule has 26 heavy (non-hydrogen) atoms. The van der Waals surface area contributed by atoms with Crippen molar-refractivity contribution >= 4 is 11.0 Å². The Balaban J connectivity index is 1.70. The van der Waals surface area contributed by atoms with E-state index in [2.05, 4.69) is 27.7 Å². The standard InChI is InChI=1S/C22H20FN3/c1-3-16-13-26(21-8-5-11-24-22(16)21)14-18-10-9-17(12-19(18)23)20-7-4-6-15(2)25-20/h4-13H,3,14H2,1-2H3. The van der Waals surface area contributed by atoms with Gasteiger partial charge in [0.05, 0.1) is 23.3 Å². The minimum atomic E-state index is -0.213. The maximum atomic E-state index is 14.8. The smallest absolute Gasteiger partial charge is 0.128 e. The summed E-state index contributed by atoms with van der Waals surface area (Å²) in [5.41, 5.74) is 6.38. The third-order valence-electron chi connectivity index (χ3n) is 4.67. The Morgan fingerprint density at radius 2 is 1.92 bits per heavy atom. The van der Waals surface area contributed by atoms with Crippen LogP contribution in [0.2, 0.25) is 0 Å². The highest BCUT2D eigenvalue weighted by Gasteiger charge is 2.11. The molecule has 0 amide bonds. The zero-order valence-corrected chi connectivity index (χ0v) is 14.9. The number of halogens is 1. The topological polar surface area (TPSA) is 30.7 Å². The predicted octanol–water partition coefficient (Wildman–Crippen LogP) is 5.16. The minimum absolute atomic E-state index is 0.213. The van der Waals surface area contributed by atoms with E-state index in [1.807, 2.05) is 49.4 Å². The van der Waals surface area contributed by atoms with E-state index >= 15 is 0 Å². The highest BCUT2D eigenvalue weighted by molar-refractivity contribution is 5.79. The van der Waals surface area contributed by atoms with E-state index < -0.39 is 0 Å². The quantitative estimate of drug-likeness (QED) is 0.512. The minimum Gasteiger partial charge on any atom is -0.341 e. The van der Waals surface area contributed by atoms with E-state index in [0.29, 0.717) is 12.1 Å². The molecule has 4 rings (SSSR count). The van der Waals surface area contributed by atoms with E-state index in [0.717, 1.165) is 34.4 Å². The molecular weight excluding hydrogens is 325 g/mol. The fourth-order valence-corrected chi connectivity index (χ4v) is 3.31. The SMILES string of the molecule is CCc1cn(Cc2ccc(-c3cccc(C)n3)cc2F)c2cccnc12. The Hall–Kier alpha value is -3.01. The summed E-state index contributed by atoms with van der Waals surface area (Å²) >= 11 is 0. The van der Waals surface area contributed by atoms with Crippen LogP contribution in [0, 0.1) is 12.7 Å². The van der Waals surface area contributed by atoms with Crippen LogP contribution >= 0.6 is 0 Å². The summed E-state index contributed by atoms with van der Waals surface area (Å²) in [5, 5.41) is 0. The Bertz CT molecular complexity index is 1080. The summed E-state index contributed by atoms with van der Waals surface area (Å²) in [5.74, 6) is -0.213. The van der Waals surface area contributed by atoms with E-state index in [9.17, 15) is 4.39 Å². The number of nitrogens with zero attached hydrogens (tertiary/aromatic N) is 3. The zero-order valence-electron chi connectivity index (χ0n) is 14.9. The zero-order chi connectivity index (χ0) is 18.1. The van der Waals surface area contributed by atoms with Crippen molar-refractivity contribution in [3.05, 3.63) is 83.6 Å². The first-order valence-corrected chi connectivity index (χ1v) is 8.81. The van der Waals surface area contributed by atoms with Gasteiger partial charge in [-0.3, -0.25) is 9.97 Å². The van der Waals surface area contributed by atoms with Crippen LogP contribution in [0.3, 0.4) is 0 Å². The van der Waals surface area contributed by atoms with Gasteiger partial charge in [0.2, 0.25) is 0 Å². The molecule has 3 aromatic heterocycles. The van der Waals surface area contributed by atoms with Gasteiger partial charge in [0.15, 0.2) is 0 Å². The number of benzene rings is 1. The molecule has 0 atom stereocenters. The molecule has 0 aliphatic rings. The van der Waals surface area contributed by atoms with Gasteiger partial charge < -0.3 is 4.57 Å². The summed E-state index contributed by atoms with van der Waals surface area (Å²) in [6.07, 6.45) is 4.78. The van der Waals surface area contributed by atoms with Crippen molar-refractivity contribution in [2.75, 3.05) is 0 Å². The highest BCUT2D eigenvalue weighted by Crippen LogP contribution is 2.24. The van der Waals surface area contributed by atoms with Crippen molar-refractivity contribution in [2.45, 2.75) is 26.8 Å². The second kappa shape index (κ2) is 6.71. The molecule has 0 unspecified atom stereocenters. The lowest BCUT2D eigenvalue weighted by molar-refractivity contribution is 0.602. The van der Waals surface area contributed by atoms with Crippen LogP contribution in [-0.4, -0.2) is 14.5 Å². The first-order valence-electron chi connectivity index (χ1n) is 8.81. The summed E-state index contributed by atoms with van der Waals surface area (Å²) in [4.78, 5) is 8.95. The monoisotopic (exact) mass is 345 g/mol. The molecule has 0 fully saturated rings. The van der Waals surface area contributed by atoms with Crippen LogP contribution in [-0.2, 0) is 13.0 Å². The van der Waals surface area contributed by atoms with Crippen LogP contribution in [0.1, 0.15) is 23.7 Å². The van der Waals surface area contributed by atoms with Gasteiger partial charge in [-0.05, 0) is 49.2 Å². The average Bonchev–Trinajstić information content (AvgIpc) is 3.01. The number of aromatic nitrogens is 3. The molecule has 0 aliphatic carbocycles. The normalized spacial score (nSPS) is 11.2. The molecule has 4 aromatic rings. The molecule has 1 aromatic carbocycles. The highest BCUT2D eigenvalue weighted by atomic mass is 19.1. The van der Waals surface area contributed by atoms with E-state index in [1.54, 1.807) is 12.3 Å². The van der Waals surface area contributed by atoms with Crippen molar-refractivity contribution < 1.29 is 4.39 Å².